The first-order chi connectivity index (χ1) is 8.69. The number of hydrogen-bond donors (Lipinski definition) is 1. The Balaban J connectivity index is 2.35. The molecule has 0 amide bonds. The van der Waals surface area contributed by atoms with Crippen molar-refractivity contribution >= 4 is 0 Å². The van der Waals surface area contributed by atoms with Crippen molar-refractivity contribution in [3.63, 3.8) is 0 Å². The average Bonchev–Trinajstić information content (AvgIpc) is 2.99. The van der Waals surface area contributed by atoms with Crippen LogP contribution in [0.4, 0.5) is 0 Å². The molecule has 0 bridgehead atoms. The van der Waals surface area contributed by atoms with Crippen molar-refractivity contribution in [3.05, 3.63) is 11.9 Å². The van der Waals surface area contributed by atoms with Crippen LogP contribution in [0.25, 0.3) is 0 Å². The molecule has 2 unspecified atom stereocenters. The monoisotopic (exact) mass is 253 g/mol. The first-order valence-electron chi connectivity index (χ1n) is 6.59. The van der Waals surface area contributed by atoms with Gasteiger partial charge in [0.2, 0.25) is 0 Å². The van der Waals surface area contributed by atoms with Crippen molar-refractivity contribution in [2.45, 2.75) is 44.9 Å². The Labute approximate surface area is 108 Å². The molecule has 1 aromatic rings. The maximum Gasteiger partial charge on any atom is 0.161 e. The van der Waals surface area contributed by atoms with Gasteiger partial charge in [-0.2, -0.15) is 5.10 Å². The summed E-state index contributed by atoms with van der Waals surface area (Å²) in [6, 6.07) is 0.438. The number of methoxy groups -OCH3 is 1. The topological polar surface area (TPSA) is 48.3 Å². The highest BCUT2D eigenvalue weighted by Gasteiger charge is 2.31. The molecule has 1 aliphatic heterocycles. The third-order valence-corrected chi connectivity index (χ3v) is 3.45. The maximum atomic E-state index is 5.80. The molecule has 18 heavy (non-hydrogen) atoms. The van der Waals surface area contributed by atoms with Crippen LogP contribution in [0.2, 0.25) is 0 Å². The molecular weight excluding hydrogens is 230 g/mol. The van der Waals surface area contributed by atoms with Crippen LogP contribution in [0.15, 0.2) is 6.20 Å². The smallest absolute Gasteiger partial charge is 0.161 e. The zero-order valence-electron chi connectivity index (χ0n) is 11.6. The number of rotatable bonds is 5. The summed E-state index contributed by atoms with van der Waals surface area (Å²) in [6.07, 6.45) is 4.20. The Kier molecular flexibility index (Phi) is 4.24. The van der Waals surface area contributed by atoms with E-state index in [1.54, 1.807) is 13.3 Å². The van der Waals surface area contributed by atoms with E-state index in [2.05, 4.69) is 24.3 Å². The highest BCUT2D eigenvalue weighted by Crippen LogP contribution is 2.33. The fourth-order valence-electron chi connectivity index (χ4n) is 2.58. The van der Waals surface area contributed by atoms with E-state index in [4.69, 9.17) is 9.47 Å². The van der Waals surface area contributed by atoms with Gasteiger partial charge in [0, 0.05) is 12.6 Å². The molecule has 5 heteroatoms. The average molecular weight is 253 g/mol. The summed E-state index contributed by atoms with van der Waals surface area (Å²) >= 11 is 0. The van der Waals surface area contributed by atoms with Crippen LogP contribution in [-0.4, -0.2) is 36.6 Å². The lowest BCUT2D eigenvalue weighted by Crippen LogP contribution is -2.31. The zero-order chi connectivity index (χ0) is 13.1. The molecule has 1 fully saturated rings. The molecule has 5 nitrogen and oxygen atoms in total. The van der Waals surface area contributed by atoms with Crippen LogP contribution in [0.1, 0.15) is 44.5 Å². The van der Waals surface area contributed by atoms with Crippen LogP contribution in [-0.2, 0) is 4.74 Å². The predicted octanol–water partition coefficient (Wildman–Crippen LogP) is 1.91. The van der Waals surface area contributed by atoms with Gasteiger partial charge in [-0.15, -0.1) is 0 Å². The number of ether oxygens (including phenoxy) is 2. The number of aromatic nitrogens is 2. The molecule has 0 aliphatic carbocycles. The molecule has 2 rings (SSSR count). The van der Waals surface area contributed by atoms with Crippen LogP contribution in [0.3, 0.4) is 0 Å². The minimum absolute atomic E-state index is 0.132. The molecule has 1 aliphatic rings. The Bertz CT molecular complexity index is 384. The van der Waals surface area contributed by atoms with Crippen molar-refractivity contribution in [2.75, 3.05) is 20.8 Å². The fourth-order valence-corrected chi connectivity index (χ4v) is 2.58. The summed E-state index contributed by atoms with van der Waals surface area (Å²) in [6.45, 7) is 5.09. The van der Waals surface area contributed by atoms with Crippen molar-refractivity contribution in [3.8, 4) is 5.75 Å². The van der Waals surface area contributed by atoms with Crippen molar-refractivity contribution in [1.82, 2.24) is 15.1 Å². The number of hydrogen-bond acceptors (Lipinski definition) is 4. The lowest BCUT2D eigenvalue weighted by molar-refractivity contribution is 0.0767. The molecule has 102 valence electrons. The van der Waals surface area contributed by atoms with E-state index in [9.17, 15) is 0 Å². The van der Waals surface area contributed by atoms with Crippen molar-refractivity contribution in [1.29, 1.82) is 0 Å². The highest BCUT2D eigenvalue weighted by molar-refractivity contribution is 5.29. The zero-order valence-corrected chi connectivity index (χ0v) is 11.6. The van der Waals surface area contributed by atoms with Crippen LogP contribution in [0.5, 0.6) is 5.75 Å². The van der Waals surface area contributed by atoms with Crippen molar-refractivity contribution in [2.24, 2.45) is 0 Å². The van der Waals surface area contributed by atoms with E-state index in [-0.39, 0.29) is 12.1 Å². The Morgan fingerprint density at radius 1 is 1.56 bits per heavy atom. The SMILES string of the molecule is CNC(c1c(OC)cnn1C(C)C)C1CCCO1. The molecule has 1 aromatic heterocycles. The van der Waals surface area contributed by atoms with Crippen LogP contribution < -0.4 is 10.1 Å². The summed E-state index contributed by atoms with van der Waals surface area (Å²) in [7, 11) is 3.65. The van der Waals surface area contributed by atoms with Gasteiger partial charge in [0.15, 0.2) is 5.75 Å². The molecule has 1 N–H and O–H groups in total. The molecule has 0 spiro atoms. The van der Waals surface area contributed by atoms with E-state index in [1.807, 2.05) is 11.7 Å². The molecule has 0 aromatic carbocycles. The first kappa shape index (κ1) is 13.4. The van der Waals surface area contributed by atoms with Crippen molar-refractivity contribution < 1.29 is 9.47 Å². The second-order valence-corrected chi connectivity index (χ2v) is 4.95. The highest BCUT2D eigenvalue weighted by atomic mass is 16.5. The number of likely N-dealkylation sites (N-methyl/N-ethyl adjacent to an activating group) is 1. The summed E-state index contributed by atoms with van der Waals surface area (Å²) in [5.41, 5.74) is 1.09. The Hall–Kier alpha value is -1.07. The standard InChI is InChI=1S/C13H23N3O2/c1-9(2)16-13(11(17-4)8-15-16)12(14-3)10-6-5-7-18-10/h8-10,12,14H,5-7H2,1-4H3. The molecule has 1 saturated heterocycles. The molecule has 2 heterocycles. The van der Waals surface area contributed by atoms with E-state index in [1.165, 1.54) is 0 Å². The van der Waals surface area contributed by atoms with Gasteiger partial charge in [-0.1, -0.05) is 0 Å². The van der Waals surface area contributed by atoms with E-state index in [0.29, 0.717) is 6.04 Å². The van der Waals surface area contributed by atoms with Gasteiger partial charge >= 0.3 is 0 Å². The van der Waals surface area contributed by atoms with Gasteiger partial charge in [0.25, 0.3) is 0 Å². The van der Waals surface area contributed by atoms with Gasteiger partial charge in [-0.05, 0) is 33.7 Å². The molecule has 0 saturated carbocycles. The van der Waals surface area contributed by atoms with Gasteiger partial charge in [-0.25, -0.2) is 0 Å². The second-order valence-electron chi connectivity index (χ2n) is 4.95. The predicted molar refractivity (Wildman–Crippen MR) is 69.9 cm³/mol. The van der Waals surface area contributed by atoms with E-state index >= 15 is 0 Å². The molecular formula is C13H23N3O2. The van der Waals surface area contributed by atoms with Gasteiger partial charge in [-0.3, -0.25) is 4.68 Å². The quantitative estimate of drug-likeness (QED) is 0.871. The van der Waals surface area contributed by atoms with Gasteiger partial charge in [0.05, 0.1) is 25.5 Å². The van der Waals surface area contributed by atoms with Gasteiger partial charge < -0.3 is 14.8 Å². The molecule has 0 radical (unpaired) electrons. The van der Waals surface area contributed by atoms with E-state index < -0.39 is 0 Å². The largest absolute Gasteiger partial charge is 0.493 e. The minimum atomic E-state index is 0.132. The number of nitrogens with zero attached hydrogens (tertiary/aromatic N) is 2. The number of nitrogens with one attached hydrogen (secondary N) is 1. The van der Waals surface area contributed by atoms with E-state index in [0.717, 1.165) is 30.9 Å². The lowest BCUT2D eigenvalue weighted by Gasteiger charge is -2.25. The fraction of sp³-hybridized carbons (Fsp3) is 0.769. The third kappa shape index (κ3) is 2.37. The third-order valence-electron chi connectivity index (χ3n) is 3.45. The van der Waals surface area contributed by atoms with Gasteiger partial charge in [0.1, 0.15) is 5.69 Å². The summed E-state index contributed by atoms with van der Waals surface area (Å²) in [4.78, 5) is 0. The van der Waals surface area contributed by atoms with Crippen LogP contribution in [0, 0.1) is 0 Å². The normalized spacial score (nSPS) is 21.5. The minimum Gasteiger partial charge on any atom is -0.493 e. The second kappa shape index (κ2) is 5.71. The summed E-state index contributed by atoms with van der Waals surface area (Å²) < 4.78 is 13.3. The summed E-state index contributed by atoms with van der Waals surface area (Å²) in [5.74, 6) is 0.832. The summed E-state index contributed by atoms with van der Waals surface area (Å²) in [5, 5.41) is 7.77. The molecule has 2 atom stereocenters. The van der Waals surface area contributed by atoms with Crippen LogP contribution >= 0.6 is 0 Å². The maximum absolute atomic E-state index is 5.80. The lowest BCUT2D eigenvalue weighted by atomic mass is 10.0. The Morgan fingerprint density at radius 2 is 2.33 bits per heavy atom. The first-order valence-corrected chi connectivity index (χ1v) is 6.59. The Morgan fingerprint density at radius 3 is 2.83 bits per heavy atom.